The minimum atomic E-state index is -4.76. The number of carbonyl (C=O) groups is 1. The number of carbonyl (C=O) groups excluding carboxylic acids is 1. The third-order valence-electron chi connectivity index (χ3n) is 6.82. The highest BCUT2D eigenvalue weighted by Gasteiger charge is 2.34. The van der Waals surface area contributed by atoms with Crippen LogP contribution in [0.2, 0.25) is 5.02 Å². The number of anilines is 2. The average molecular weight is 644 g/mol. The van der Waals surface area contributed by atoms with Crippen molar-refractivity contribution in [3.63, 3.8) is 0 Å². The molecule has 1 unspecified atom stereocenters. The summed E-state index contributed by atoms with van der Waals surface area (Å²) in [5.74, 6) is -0.998. The lowest BCUT2D eigenvalue weighted by atomic mass is 9.99. The molecule has 1 fully saturated rings. The van der Waals surface area contributed by atoms with Crippen LogP contribution < -0.4 is 10.0 Å². The molecule has 3 aromatic carbocycles. The number of nitrogens with zero attached hydrogens (tertiary/aromatic N) is 1. The molecule has 0 aliphatic carbocycles. The standard InChI is InChI=1S/C28H29ClF3N3O5S2/c29-26-15-12-23(18-25(26)28(30,31)32)34-42(39,40)24-13-10-22(11-14-24)33-27(36)21-9-4-16-35(19-21)41(37,38)17-5-8-20-6-2-1-3-7-20/h1-3,6-7,10-15,18,21,34H,4-5,8-9,16-17,19H2,(H,33,36). The molecule has 1 aliphatic heterocycles. The van der Waals surface area contributed by atoms with Crippen LogP contribution >= 0.6 is 11.6 Å². The predicted molar refractivity (Wildman–Crippen MR) is 155 cm³/mol. The Kier molecular flexibility index (Phi) is 9.86. The fraction of sp³-hybridized carbons (Fsp3) is 0.321. The highest BCUT2D eigenvalue weighted by molar-refractivity contribution is 7.92. The SMILES string of the molecule is O=C(Nc1ccc(S(=O)(=O)Nc2ccc(Cl)c(C(F)(F)F)c2)cc1)C1CCCN(S(=O)(=O)CCCc2ccccc2)C1. The van der Waals surface area contributed by atoms with E-state index in [0.29, 0.717) is 38.3 Å². The molecular weight excluding hydrogens is 615 g/mol. The summed E-state index contributed by atoms with van der Waals surface area (Å²) in [5, 5.41) is 2.13. The molecular formula is C28H29ClF3N3O5S2. The summed E-state index contributed by atoms with van der Waals surface area (Å²) in [7, 11) is -7.79. The van der Waals surface area contributed by atoms with Crippen LogP contribution in [0.3, 0.4) is 0 Å². The van der Waals surface area contributed by atoms with Crippen LogP contribution in [0.15, 0.2) is 77.7 Å². The van der Waals surface area contributed by atoms with E-state index in [0.717, 1.165) is 17.7 Å². The van der Waals surface area contributed by atoms with Crippen LogP contribution in [0.1, 0.15) is 30.4 Å². The fourth-order valence-corrected chi connectivity index (χ4v) is 7.48. The minimum Gasteiger partial charge on any atom is -0.326 e. The number of sulfonamides is 2. The molecule has 1 atom stereocenters. The number of nitrogens with one attached hydrogen (secondary N) is 2. The van der Waals surface area contributed by atoms with E-state index in [-0.39, 0.29) is 28.6 Å². The number of alkyl halides is 3. The van der Waals surface area contributed by atoms with Crippen LogP contribution in [0.4, 0.5) is 24.5 Å². The monoisotopic (exact) mass is 643 g/mol. The third-order valence-corrected chi connectivity index (χ3v) is 10.5. The summed E-state index contributed by atoms with van der Waals surface area (Å²) in [6.45, 7) is 0.395. The minimum absolute atomic E-state index is 0.0201. The van der Waals surface area contributed by atoms with Gasteiger partial charge in [0.25, 0.3) is 10.0 Å². The highest BCUT2D eigenvalue weighted by atomic mass is 35.5. The first-order chi connectivity index (χ1) is 19.7. The van der Waals surface area contributed by atoms with E-state index >= 15 is 0 Å². The molecule has 2 N–H and O–H groups in total. The second kappa shape index (κ2) is 13.0. The molecule has 226 valence electrons. The molecule has 3 aromatic rings. The van der Waals surface area contributed by atoms with Crippen LogP contribution in [-0.4, -0.2) is 45.9 Å². The normalized spacial score (nSPS) is 16.6. The van der Waals surface area contributed by atoms with Crippen LogP contribution in [0, 0.1) is 5.92 Å². The van der Waals surface area contributed by atoms with Crippen molar-refractivity contribution < 1.29 is 34.8 Å². The lowest BCUT2D eigenvalue weighted by molar-refractivity contribution is -0.137. The lowest BCUT2D eigenvalue weighted by Gasteiger charge is -2.31. The van der Waals surface area contributed by atoms with Gasteiger partial charge < -0.3 is 5.32 Å². The number of hydrogen-bond donors (Lipinski definition) is 2. The molecule has 14 heteroatoms. The zero-order valence-corrected chi connectivity index (χ0v) is 24.7. The Morgan fingerprint density at radius 1 is 0.952 bits per heavy atom. The Hall–Kier alpha value is -3.13. The Labute approximate surface area is 248 Å². The molecule has 0 bridgehead atoms. The summed E-state index contributed by atoms with van der Waals surface area (Å²) in [5.41, 5.74) is -0.156. The molecule has 0 radical (unpaired) electrons. The molecule has 4 rings (SSSR count). The number of piperidine rings is 1. The van der Waals surface area contributed by atoms with E-state index in [2.05, 4.69) is 10.0 Å². The van der Waals surface area contributed by atoms with Gasteiger partial charge in [0.2, 0.25) is 15.9 Å². The molecule has 42 heavy (non-hydrogen) atoms. The number of amides is 1. The Morgan fingerprint density at radius 2 is 1.62 bits per heavy atom. The highest BCUT2D eigenvalue weighted by Crippen LogP contribution is 2.36. The number of rotatable bonds is 10. The fourth-order valence-electron chi connectivity index (χ4n) is 4.62. The zero-order chi connectivity index (χ0) is 30.5. The largest absolute Gasteiger partial charge is 0.417 e. The zero-order valence-electron chi connectivity index (χ0n) is 22.3. The number of benzene rings is 3. The molecule has 1 amide bonds. The van der Waals surface area contributed by atoms with Crippen molar-refractivity contribution in [1.29, 1.82) is 0 Å². The maximum absolute atomic E-state index is 13.1. The van der Waals surface area contributed by atoms with Gasteiger partial charge in [-0.3, -0.25) is 9.52 Å². The summed E-state index contributed by atoms with van der Waals surface area (Å²) in [6, 6.07) is 17.3. The van der Waals surface area contributed by atoms with Gasteiger partial charge in [0.15, 0.2) is 0 Å². The summed E-state index contributed by atoms with van der Waals surface area (Å²) in [4.78, 5) is 12.7. The molecule has 0 saturated carbocycles. The van der Waals surface area contributed by atoms with Gasteiger partial charge in [-0.05, 0) is 73.7 Å². The topological polar surface area (TPSA) is 113 Å². The summed E-state index contributed by atoms with van der Waals surface area (Å²) in [6.07, 6.45) is -2.64. The van der Waals surface area contributed by atoms with Crippen molar-refractivity contribution in [3.05, 3.63) is 88.9 Å². The third kappa shape index (κ3) is 8.24. The van der Waals surface area contributed by atoms with Crippen molar-refractivity contribution in [2.24, 2.45) is 5.92 Å². The van der Waals surface area contributed by atoms with E-state index in [1.54, 1.807) is 0 Å². The molecule has 8 nitrogen and oxygen atoms in total. The number of aryl methyl sites for hydroxylation is 1. The number of halogens is 4. The van der Waals surface area contributed by atoms with Gasteiger partial charge in [0.1, 0.15) is 0 Å². The van der Waals surface area contributed by atoms with Gasteiger partial charge in [-0.15, -0.1) is 0 Å². The van der Waals surface area contributed by atoms with Crippen molar-refractivity contribution in [2.45, 2.75) is 36.8 Å². The van der Waals surface area contributed by atoms with Gasteiger partial charge in [0.05, 0.1) is 27.2 Å². The van der Waals surface area contributed by atoms with Crippen molar-refractivity contribution in [2.75, 3.05) is 28.9 Å². The first-order valence-corrected chi connectivity index (χ1v) is 16.5. The molecule has 1 aliphatic rings. The maximum Gasteiger partial charge on any atom is 0.417 e. The quantitative estimate of drug-likeness (QED) is 0.291. The molecule has 1 heterocycles. The summed E-state index contributed by atoms with van der Waals surface area (Å²) < 4.78 is 94.1. The molecule has 0 aromatic heterocycles. The molecule has 0 spiro atoms. The smallest absolute Gasteiger partial charge is 0.326 e. The Bertz CT molecular complexity index is 1620. The van der Waals surface area contributed by atoms with E-state index < -0.39 is 48.6 Å². The second-order valence-electron chi connectivity index (χ2n) is 9.91. The van der Waals surface area contributed by atoms with Crippen molar-refractivity contribution in [1.82, 2.24) is 4.31 Å². The van der Waals surface area contributed by atoms with E-state index in [9.17, 15) is 34.8 Å². The first-order valence-electron chi connectivity index (χ1n) is 13.1. The second-order valence-corrected chi connectivity index (χ2v) is 14.1. The van der Waals surface area contributed by atoms with Crippen LogP contribution in [0.25, 0.3) is 0 Å². The van der Waals surface area contributed by atoms with E-state index in [1.807, 2.05) is 30.3 Å². The maximum atomic E-state index is 13.1. The van der Waals surface area contributed by atoms with Gasteiger partial charge in [0, 0.05) is 24.5 Å². The predicted octanol–water partition coefficient (Wildman–Crippen LogP) is 5.77. The molecule has 1 saturated heterocycles. The Balaban J connectivity index is 1.34. The van der Waals surface area contributed by atoms with Gasteiger partial charge in [-0.2, -0.15) is 13.2 Å². The summed E-state index contributed by atoms with van der Waals surface area (Å²) >= 11 is 5.59. The van der Waals surface area contributed by atoms with Gasteiger partial charge in [-0.25, -0.2) is 21.1 Å². The first kappa shape index (κ1) is 31.8. The lowest BCUT2D eigenvalue weighted by Crippen LogP contribution is -2.44. The van der Waals surface area contributed by atoms with Gasteiger partial charge in [-0.1, -0.05) is 41.9 Å². The average Bonchev–Trinajstić information content (AvgIpc) is 2.94. The van der Waals surface area contributed by atoms with E-state index in [1.165, 1.54) is 28.6 Å². The van der Waals surface area contributed by atoms with Crippen LogP contribution in [0.5, 0.6) is 0 Å². The number of hydrogen-bond acceptors (Lipinski definition) is 5. The van der Waals surface area contributed by atoms with Crippen molar-refractivity contribution in [3.8, 4) is 0 Å². The van der Waals surface area contributed by atoms with Crippen molar-refractivity contribution >= 4 is 48.9 Å². The Morgan fingerprint density at radius 3 is 2.29 bits per heavy atom. The van der Waals surface area contributed by atoms with Gasteiger partial charge >= 0.3 is 6.18 Å². The van der Waals surface area contributed by atoms with Crippen LogP contribution in [-0.2, 0) is 37.4 Å². The van der Waals surface area contributed by atoms with E-state index in [4.69, 9.17) is 11.6 Å².